The van der Waals surface area contributed by atoms with E-state index in [0.29, 0.717) is 18.5 Å². The van der Waals surface area contributed by atoms with Crippen LogP contribution in [0.3, 0.4) is 0 Å². The van der Waals surface area contributed by atoms with E-state index >= 15 is 0 Å². The Balaban J connectivity index is 1.56. The van der Waals surface area contributed by atoms with Crippen LogP contribution in [0.25, 0.3) is 0 Å². The molecule has 8 nitrogen and oxygen atoms in total. The lowest BCUT2D eigenvalue weighted by atomic mass is 9.94. The van der Waals surface area contributed by atoms with E-state index in [1.165, 1.54) is 36.2 Å². The predicted molar refractivity (Wildman–Crippen MR) is 151 cm³/mol. The largest absolute Gasteiger partial charge is 0.345 e. The zero-order chi connectivity index (χ0) is 27.8. The van der Waals surface area contributed by atoms with Gasteiger partial charge in [0.15, 0.2) is 0 Å². The third-order valence-corrected chi connectivity index (χ3v) is 7.80. The number of carbonyl (C=O) groups excluding carboxylic acids is 2. The lowest BCUT2D eigenvalue weighted by molar-refractivity contribution is -0.384. The molecule has 8 heteroatoms. The molecule has 206 valence electrons. The molecule has 0 aliphatic heterocycles. The summed E-state index contributed by atoms with van der Waals surface area (Å²) < 4.78 is 2.19. The Hall–Kier alpha value is -3.94. The molecule has 1 atom stereocenters. The molecule has 2 aromatic carbocycles. The fraction of sp³-hybridized carbons (Fsp3) is 0.419. The quantitative estimate of drug-likeness (QED) is 0.223. The van der Waals surface area contributed by atoms with Gasteiger partial charge in [0, 0.05) is 48.2 Å². The number of nitro groups is 1. The van der Waals surface area contributed by atoms with Crippen LogP contribution in [0.1, 0.15) is 74.0 Å². The Morgan fingerprint density at radius 2 is 1.69 bits per heavy atom. The van der Waals surface area contributed by atoms with Crippen molar-refractivity contribution in [2.24, 2.45) is 0 Å². The Labute approximate surface area is 230 Å². The molecular weight excluding hydrogens is 492 g/mol. The van der Waals surface area contributed by atoms with E-state index in [0.717, 1.165) is 37.9 Å². The van der Waals surface area contributed by atoms with Crippen molar-refractivity contribution in [3.63, 3.8) is 0 Å². The highest BCUT2D eigenvalue weighted by Gasteiger charge is 2.30. The smallest absolute Gasteiger partial charge is 0.269 e. The Morgan fingerprint density at radius 1 is 1.00 bits per heavy atom. The zero-order valence-electron chi connectivity index (χ0n) is 22.9. The first-order chi connectivity index (χ1) is 18.9. The van der Waals surface area contributed by atoms with Gasteiger partial charge in [0.25, 0.3) is 11.6 Å². The monoisotopic (exact) mass is 530 g/mol. The maximum absolute atomic E-state index is 14.0. The summed E-state index contributed by atoms with van der Waals surface area (Å²) in [5.74, 6) is -0.353. The van der Waals surface area contributed by atoms with Gasteiger partial charge < -0.3 is 14.4 Å². The highest BCUT2D eigenvalue weighted by atomic mass is 16.6. The molecule has 4 rings (SSSR count). The van der Waals surface area contributed by atoms with E-state index in [2.05, 4.69) is 29.0 Å². The third-order valence-electron chi connectivity index (χ3n) is 7.80. The van der Waals surface area contributed by atoms with E-state index in [-0.39, 0.29) is 36.1 Å². The summed E-state index contributed by atoms with van der Waals surface area (Å²) >= 11 is 0. The van der Waals surface area contributed by atoms with E-state index in [4.69, 9.17) is 0 Å². The van der Waals surface area contributed by atoms with Gasteiger partial charge in [-0.15, -0.1) is 0 Å². The molecule has 1 aromatic heterocycles. The summed E-state index contributed by atoms with van der Waals surface area (Å²) in [6.07, 6.45) is 8.04. The number of carbonyl (C=O) groups is 2. The minimum atomic E-state index is -0.486. The topological polar surface area (TPSA) is 88.7 Å². The first-order valence-electron chi connectivity index (χ1n) is 13.9. The van der Waals surface area contributed by atoms with Gasteiger partial charge >= 0.3 is 0 Å². The van der Waals surface area contributed by atoms with Gasteiger partial charge in [-0.3, -0.25) is 19.7 Å². The van der Waals surface area contributed by atoms with Crippen LogP contribution in [0.5, 0.6) is 0 Å². The summed E-state index contributed by atoms with van der Waals surface area (Å²) in [4.78, 5) is 41.7. The SMILES string of the molecule is CCC(C)N(CC(=O)N(Cc1cccn1Cc1ccccc1)C1CCCCC1)C(=O)c1ccc([N+](=O)[O-])cc1. The van der Waals surface area contributed by atoms with E-state index < -0.39 is 4.92 Å². The minimum Gasteiger partial charge on any atom is -0.345 e. The molecular formula is C31H38N4O4. The maximum atomic E-state index is 14.0. The fourth-order valence-corrected chi connectivity index (χ4v) is 5.29. The predicted octanol–water partition coefficient (Wildman–Crippen LogP) is 6.05. The Bertz CT molecular complexity index is 1250. The number of non-ortho nitro benzene ring substituents is 1. The molecule has 1 saturated carbocycles. The highest BCUT2D eigenvalue weighted by Crippen LogP contribution is 2.26. The molecule has 3 aromatic rings. The number of amides is 2. The van der Waals surface area contributed by atoms with Crippen molar-refractivity contribution >= 4 is 17.5 Å². The van der Waals surface area contributed by atoms with Crippen LogP contribution in [-0.2, 0) is 17.9 Å². The second kappa shape index (κ2) is 13.2. The van der Waals surface area contributed by atoms with Crippen molar-refractivity contribution in [1.82, 2.24) is 14.4 Å². The molecule has 0 bridgehead atoms. The van der Waals surface area contributed by atoms with Crippen LogP contribution >= 0.6 is 0 Å². The molecule has 0 radical (unpaired) electrons. The van der Waals surface area contributed by atoms with Crippen molar-refractivity contribution < 1.29 is 14.5 Å². The standard InChI is InChI=1S/C31H38N4O4/c1-3-24(2)33(31(37)26-16-18-28(19-17-26)35(38)39)23-30(36)34(27-13-8-5-9-14-27)22-29-15-10-20-32(29)21-25-11-6-4-7-12-25/h4,6-7,10-12,15-20,24,27H,3,5,8-9,13-14,21-23H2,1-2H3. The molecule has 0 saturated heterocycles. The molecule has 1 aliphatic carbocycles. The lowest BCUT2D eigenvalue weighted by Crippen LogP contribution is -2.49. The Kier molecular flexibility index (Phi) is 9.52. The second-order valence-corrected chi connectivity index (χ2v) is 10.4. The lowest BCUT2D eigenvalue weighted by Gasteiger charge is -2.37. The van der Waals surface area contributed by atoms with Gasteiger partial charge in [-0.1, -0.05) is 56.5 Å². The number of nitro benzene ring substituents is 1. The molecule has 0 spiro atoms. The van der Waals surface area contributed by atoms with Crippen LogP contribution in [0.2, 0.25) is 0 Å². The van der Waals surface area contributed by atoms with Crippen molar-refractivity contribution in [2.75, 3.05) is 6.54 Å². The summed E-state index contributed by atoms with van der Waals surface area (Å²) in [5, 5.41) is 11.1. The fourth-order valence-electron chi connectivity index (χ4n) is 5.29. The van der Waals surface area contributed by atoms with Crippen molar-refractivity contribution in [1.29, 1.82) is 0 Å². The van der Waals surface area contributed by atoms with E-state index in [1.54, 1.807) is 4.90 Å². The summed E-state index contributed by atoms with van der Waals surface area (Å²) in [6.45, 7) is 5.12. The normalized spacial score (nSPS) is 14.5. The molecule has 2 amide bonds. The molecule has 1 heterocycles. The van der Waals surface area contributed by atoms with Gasteiger partial charge in [0.1, 0.15) is 6.54 Å². The van der Waals surface area contributed by atoms with Crippen molar-refractivity contribution in [3.8, 4) is 0 Å². The summed E-state index contributed by atoms with van der Waals surface area (Å²) in [7, 11) is 0. The van der Waals surface area contributed by atoms with Crippen molar-refractivity contribution in [3.05, 3.63) is 99.9 Å². The number of aromatic nitrogens is 1. The highest BCUT2D eigenvalue weighted by molar-refractivity contribution is 5.97. The average molecular weight is 531 g/mol. The van der Waals surface area contributed by atoms with E-state index in [1.807, 2.05) is 43.0 Å². The Morgan fingerprint density at radius 3 is 2.33 bits per heavy atom. The molecule has 0 N–H and O–H groups in total. The zero-order valence-corrected chi connectivity index (χ0v) is 22.9. The number of hydrogen-bond donors (Lipinski definition) is 0. The molecule has 39 heavy (non-hydrogen) atoms. The van der Waals surface area contributed by atoms with E-state index in [9.17, 15) is 19.7 Å². The summed E-state index contributed by atoms with van der Waals surface area (Å²) in [5.41, 5.74) is 2.53. The minimum absolute atomic E-state index is 0.0271. The third kappa shape index (κ3) is 7.13. The second-order valence-electron chi connectivity index (χ2n) is 10.4. The average Bonchev–Trinajstić information content (AvgIpc) is 3.41. The molecule has 1 aliphatic rings. The van der Waals surface area contributed by atoms with Gasteiger partial charge in [0.2, 0.25) is 5.91 Å². The van der Waals surface area contributed by atoms with Gasteiger partial charge in [-0.05, 0) is 56.0 Å². The van der Waals surface area contributed by atoms with Crippen molar-refractivity contribution in [2.45, 2.75) is 77.5 Å². The van der Waals surface area contributed by atoms with Gasteiger partial charge in [-0.25, -0.2) is 0 Å². The molecule has 1 unspecified atom stereocenters. The first kappa shape index (κ1) is 28.1. The van der Waals surface area contributed by atoms with Gasteiger partial charge in [-0.2, -0.15) is 0 Å². The first-order valence-corrected chi connectivity index (χ1v) is 13.9. The number of hydrogen-bond acceptors (Lipinski definition) is 4. The van der Waals surface area contributed by atoms with Crippen LogP contribution < -0.4 is 0 Å². The van der Waals surface area contributed by atoms with Gasteiger partial charge in [0.05, 0.1) is 11.5 Å². The number of nitrogens with zero attached hydrogens (tertiary/aromatic N) is 4. The van der Waals surface area contributed by atoms with Crippen LogP contribution in [-0.4, -0.2) is 49.7 Å². The van der Waals surface area contributed by atoms with Crippen LogP contribution in [0, 0.1) is 10.1 Å². The number of benzene rings is 2. The number of rotatable bonds is 11. The summed E-state index contributed by atoms with van der Waals surface area (Å²) in [6, 6.07) is 19.9. The van der Waals surface area contributed by atoms with Crippen LogP contribution in [0.15, 0.2) is 72.9 Å². The molecule has 1 fully saturated rings. The maximum Gasteiger partial charge on any atom is 0.269 e. The van der Waals surface area contributed by atoms with Crippen LogP contribution in [0.4, 0.5) is 5.69 Å².